The summed E-state index contributed by atoms with van der Waals surface area (Å²) < 4.78 is 12.3. The van der Waals surface area contributed by atoms with Crippen LogP contribution in [0.5, 0.6) is 11.5 Å². The van der Waals surface area contributed by atoms with Crippen molar-refractivity contribution in [3.63, 3.8) is 0 Å². The van der Waals surface area contributed by atoms with Crippen molar-refractivity contribution in [2.75, 3.05) is 11.5 Å². The first-order valence-corrected chi connectivity index (χ1v) is 12.6. The molecule has 4 rings (SSSR count). The van der Waals surface area contributed by atoms with Crippen molar-refractivity contribution < 1.29 is 24.0 Å². The summed E-state index contributed by atoms with van der Waals surface area (Å²) in [5, 5.41) is 10.8. The van der Waals surface area contributed by atoms with Gasteiger partial charge in [0, 0.05) is 21.6 Å². The van der Waals surface area contributed by atoms with Gasteiger partial charge in [0.25, 0.3) is 16.8 Å². The molecule has 0 unspecified atom stereocenters. The van der Waals surface area contributed by atoms with E-state index >= 15 is 0 Å². The van der Waals surface area contributed by atoms with Gasteiger partial charge in [-0.1, -0.05) is 33.6 Å². The Bertz CT molecular complexity index is 1380. The van der Waals surface area contributed by atoms with Gasteiger partial charge < -0.3 is 9.47 Å². The zero-order valence-electron chi connectivity index (χ0n) is 18.8. The number of nitrogens with zero attached hydrogens (tertiary/aromatic N) is 2. The number of amides is 2. The van der Waals surface area contributed by atoms with Crippen LogP contribution in [0.3, 0.4) is 0 Å². The molecule has 0 aromatic heterocycles. The highest BCUT2D eigenvalue weighted by Crippen LogP contribution is 2.40. The topological polar surface area (TPSA) is 99.0 Å². The third kappa shape index (κ3) is 5.72. The van der Waals surface area contributed by atoms with Gasteiger partial charge in [0.15, 0.2) is 11.5 Å². The van der Waals surface area contributed by atoms with E-state index in [1.165, 1.54) is 12.1 Å². The van der Waals surface area contributed by atoms with Gasteiger partial charge in [-0.15, -0.1) is 0 Å². The number of imide groups is 1. The predicted molar refractivity (Wildman–Crippen MR) is 143 cm³/mol. The van der Waals surface area contributed by atoms with Crippen molar-refractivity contribution in [2.45, 2.75) is 13.5 Å². The molecule has 1 aliphatic rings. The van der Waals surface area contributed by atoms with Gasteiger partial charge in [-0.2, -0.15) is 0 Å². The summed E-state index contributed by atoms with van der Waals surface area (Å²) in [6.45, 7) is 2.38. The molecule has 1 saturated heterocycles. The Balaban J connectivity index is 1.57. The number of rotatable bonds is 8. The van der Waals surface area contributed by atoms with E-state index in [1.54, 1.807) is 54.6 Å². The van der Waals surface area contributed by atoms with Crippen molar-refractivity contribution >= 4 is 67.9 Å². The number of non-ortho nitro benzene ring substituents is 1. The van der Waals surface area contributed by atoms with Gasteiger partial charge in [0.1, 0.15) is 6.61 Å². The number of nitro groups is 1. The standard InChI is InChI=1S/C25H18BrClN2O6S/c1-2-34-21-10-16(11-23-24(30)28(25(31)36-23)19-5-3-4-17(27)12-19)20(26)13-22(21)35-14-15-6-8-18(9-7-15)29(32)33/h3-13H,2,14H2,1H3/b23-11+. The average molecular weight is 590 g/mol. The van der Waals surface area contributed by atoms with E-state index in [0.29, 0.717) is 38.9 Å². The molecule has 36 heavy (non-hydrogen) atoms. The van der Waals surface area contributed by atoms with Crippen molar-refractivity contribution in [1.82, 2.24) is 0 Å². The monoisotopic (exact) mass is 588 g/mol. The quantitative estimate of drug-likeness (QED) is 0.155. The van der Waals surface area contributed by atoms with Gasteiger partial charge in [0.2, 0.25) is 0 Å². The summed E-state index contributed by atoms with van der Waals surface area (Å²) in [5.41, 5.74) is 1.77. The lowest BCUT2D eigenvalue weighted by molar-refractivity contribution is -0.384. The maximum Gasteiger partial charge on any atom is 0.298 e. The molecule has 11 heteroatoms. The maximum atomic E-state index is 13.0. The van der Waals surface area contributed by atoms with E-state index < -0.39 is 16.1 Å². The molecule has 3 aromatic rings. The molecule has 8 nitrogen and oxygen atoms in total. The van der Waals surface area contributed by atoms with E-state index in [0.717, 1.165) is 22.2 Å². The van der Waals surface area contributed by atoms with E-state index in [9.17, 15) is 19.7 Å². The fourth-order valence-electron chi connectivity index (χ4n) is 3.36. The summed E-state index contributed by atoms with van der Waals surface area (Å²) in [6.07, 6.45) is 1.61. The molecule has 0 spiro atoms. The lowest BCUT2D eigenvalue weighted by Gasteiger charge is -2.14. The summed E-state index contributed by atoms with van der Waals surface area (Å²) >= 11 is 10.4. The summed E-state index contributed by atoms with van der Waals surface area (Å²) in [5.74, 6) is 0.449. The van der Waals surface area contributed by atoms with Crippen LogP contribution in [0.15, 0.2) is 70.0 Å². The Morgan fingerprint density at radius 1 is 1.08 bits per heavy atom. The fraction of sp³-hybridized carbons (Fsp3) is 0.120. The van der Waals surface area contributed by atoms with E-state index in [2.05, 4.69) is 15.9 Å². The second-order valence-corrected chi connectivity index (χ2v) is 9.75. The fourth-order valence-corrected chi connectivity index (χ4v) is 4.82. The maximum absolute atomic E-state index is 13.0. The van der Waals surface area contributed by atoms with E-state index in [-0.39, 0.29) is 17.2 Å². The van der Waals surface area contributed by atoms with Gasteiger partial charge in [-0.05, 0) is 78.4 Å². The van der Waals surface area contributed by atoms with Crippen LogP contribution in [-0.2, 0) is 11.4 Å². The number of carbonyl (C=O) groups excluding carboxylic acids is 2. The molecule has 0 aliphatic carbocycles. The van der Waals surface area contributed by atoms with Gasteiger partial charge in [-0.3, -0.25) is 19.7 Å². The molecule has 0 N–H and O–H groups in total. The first-order chi connectivity index (χ1) is 17.3. The smallest absolute Gasteiger partial charge is 0.298 e. The third-order valence-corrected chi connectivity index (χ3v) is 6.84. The van der Waals surface area contributed by atoms with Crippen LogP contribution in [0.25, 0.3) is 6.08 Å². The van der Waals surface area contributed by atoms with Crippen LogP contribution in [0.2, 0.25) is 5.02 Å². The Morgan fingerprint density at radius 3 is 2.47 bits per heavy atom. The van der Waals surface area contributed by atoms with Crippen molar-refractivity contribution in [1.29, 1.82) is 0 Å². The van der Waals surface area contributed by atoms with Crippen LogP contribution in [0, 0.1) is 10.1 Å². The molecule has 0 saturated carbocycles. The number of thioether (sulfide) groups is 1. The molecule has 0 radical (unpaired) electrons. The van der Waals surface area contributed by atoms with Crippen molar-refractivity contribution in [2.24, 2.45) is 0 Å². The van der Waals surface area contributed by atoms with Crippen LogP contribution < -0.4 is 14.4 Å². The van der Waals surface area contributed by atoms with Gasteiger partial charge in [0.05, 0.1) is 22.1 Å². The van der Waals surface area contributed by atoms with Crippen LogP contribution in [0.4, 0.5) is 16.2 Å². The molecule has 2 amide bonds. The summed E-state index contributed by atoms with van der Waals surface area (Å²) in [4.78, 5) is 37.3. The lowest BCUT2D eigenvalue weighted by Crippen LogP contribution is -2.27. The highest BCUT2D eigenvalue weighted by Gasteiger charge is 2.36. The normalized spacial score (nSPS) is 14.4. The summed E-state index contributed by atoms with van der Waals surface area (Å²) in [6, 6.07) is 16.0. The Kier molecular flexibility index (Phi) is 7.97. The number of nitro benzene ring substituents is 1. The highest BCUT2D eigenvalue weighted by molar-refractivity contribution is 9.10. The Hall–Kier alpha value is -3.34. The second-order valence-electron chi connectivity index (χ2n) is 7.46. The highest BCUT2D eigenvalue weighted by atomic mass is 79.9. The zero-order valence-corrected chi connectivity index (χ0v) is 21.9. The van der Waals surface area contributed by atoms with Crippen molar-refractivity contribution in [3.8, 4) is 11.5 Å². The van der Waals surface area contributed by atoms with E-state index in [4.69, 9.17) is 21.1 Å². The average Bonchev–Trinajstić information content (AvgIpc) is 3.13. The number of benzene rings is 3. The molecule has 0 bridgehead atoms. The summed E-state index contributed by atoms with van der Waals surface area (Å²) in [7, 11) is 0. The molecule has 1 aliphatic heterocycles. The number of hydrogen-bond donors (Lipinski definition) is 0. The molecule has 0 atom stereocenters. The Morgan fingerprint density at radius 2 is 1.81 bits per heavy atom. The Labute approximate surface area is 224 Å². The molecular weight excluding hydrogens is 572 g/mol. The first kappa shape index (κ1) is 25.7. The van der Waals surface area contributed by atoms with Gasteiger partial charge in [-0.25, -0.2) is 4.90 Å². The molecule has 184 valence electrons. The molecule has 3 aromatic carbocycles. The minimum Gasteiger partial charge on any atom is -0.490 e. The molecule has 1 heterocycles. The van der Waals surface area contributed by atoms with Crippen LogP contribution in [-0.4, -0.2) is 22.7 Å². The van der Waals surface area contributed by atoms with Crippen LogP contribution >= 0.6 is 39.3 Å². The minimum atomic E-state index is -0.461. The van der Waals surface area contributed by atoms with Crippen LogP contribution in [0.1, 0.15) is 18.1 Å². The number of anilines is 1. The SMILES string of the molecule is CCOc1cc(/C=C2/SC(=O)N(c3cccc(Cl)c3)C2=O)c(Br)cc1OCc1ccc([N+](=O)[O-])cc1. The molecule has 1 fully saturated rings. The van der Waals surface area contributed by atoms with Gasteiger partial charge >= 0.3 is 0 Å². The number of halogens is 2. The number of carbonyl (C=O) groups is 2. The number of hydrogen-bond acceptors (Lipinski definition) is 7. The van der Waals surface area contributed by atoms with Crippen molar-refractivity contribution in [3.05, 3.63) is 96.3 Å². The number of ether oxygens (including phenoxy) is 2. The zero-order chi connectivity index (χ0) is 25.8. The third-order valence-electron chi connectivity index (χ3n) is 5.05. The van der Waals surface area contributed by atoms with E-state index in [1.807, 2.05) is 6.92 Å². The first-order valence-electron chi connectivity index (χ1n) is 10.6. The lowest BCUT2D eigenvalue weighted by atomic mass is 10.1. The largest absolute Gasteiger partial charge is 0.490 e. The predicted octanol–water partition coefficient (Wildman–Crippen LogP) is 7.23. The molecular formula is C25H18BrClN2O6S. The second kappa shape index (κ2) is 11.2. The minimum absolute atomic E-state index is 0.000582.